The number of fused-ring (bicyclic) bond motifs is 1. The summed E-state index contributed by atoms with van der Waals surface area (Å²) in [5, 5.41) is 0. The van der Waals surface area contributed by atoms with Crippen LogP contribution in [-0.4, -0.2) is 0 Å². The van der Waals surface area contributed by atoms with Crippen molar-refractivity contribution in [1.82, 2.24) is 0 Å². The second-order valence-corrected chi connectivity index (χ2v) is 9.15. The van der Waals surface area contributed by atoms with E-state index in [0.29, 0.717) is 10.8 Å². The summed E-state index contributed by atoms with van der Waals surface area (Å²) in [5.74, 6) is 3.83. The molecular formula is C20H38. The van der Waals surface area contributed by atoms with Gasteiger partial charge in [0.1, 0.15) is 0 Å². The van der Waals surface area contributed by atoms with Crippen molar-refractivity contribution in [3.63, 3.8) is 0 Å². The minimum atomic E-state index is 0.585. The van der Waals surface area contributed by atoms with Gasteiger partial charge in [0.05, 0.1) is 0 Å². The normalized spacial score (nSPS) is 42.0. The molecule has 118 valence electrons. The second-order valence-electron chi connectivity index (χ2n) is 9.15. The summed E-state index contributed by atoms with van der Waals surface area (Å²) < 4.78 is 0. The molecule has 0 aromatic rings. The molecule has 2 aliphatic carbocycles. The zero-order valence-corrected chi connectivity index (χ0v) is 15.0. The first-order valence-electron chi connectivity index (χ1n) is 9.31. The van der Waals surface area contributed by atoms with Crippen molar-refractivity contribution in [3.8, 4) is 0 Å². The van der Waals surface area contributed by atoms with Gasteiger partial charge < -0.3 is 0 Å². The van der Waals surface area contributed by atoms with Crippen LogP contribution in [0.1, 0.15) is 92.9 Å². The van der Waals surface area contributed by atoms with Crippen LogP contribution in [0, 0.1) is 34.5 Å². The molecular weight excluding hydrogens is 240 g/mol. The van der Waals surface area contributed by atoms with Crippen molar-refractivity contribution in [2.24, 2.45) is 34.5 Å². The zero-order valence-electron chi connectivity index (χ0n) is 15.0. The molecule has 2 saturated carbocycles. The molecule has 0 saturated heterocycles. The van der Waals surface area contributed by atoms with E-state index in [1.807, 2.05) is 0 Å². The molecule has 20 heavy (non-hydrogen) atoms. The zero-order chi connectivity index (χ0) is 15.0. The molecule has 0 N–H and O–H groups in total. The lowest BCUT2D eigenvalue weighted by molar-refractivity contribution is -0.0972. The highest BCUT2D eigenvalue weighted by atomic mass is 14.6. The first-order valence-corrected chi connectivity index (χ1v) is 9.31. The van der Waals surface area contributed by atoms with Gasteiger partial charge in [-0.25, -0.2) is 0 Å². The van der Waals surface area contributed by atoms with E-state index >= 15 is 0 Å². The molecule has 5 atom stereocenters. The maximum atomic E-state index is 2.66. The molecule has 0 bridgehead atoms. The van der Waals surface area contributed by atoms with Crippen LogP contribution in [0.3, 0.4) is 0 Å². The third kappa shape index (κ3) is 2.95. The average molecular weight is 279 g/mol. The van der Waals surface area contributed by atoms with Gasteiger partial charge in [-0.1, -0.05) is 67.2 Å². The molecule has 0 heteroatoms. The van der Waals surface area contributed by atoms with E-state index in [4.69, 9.17) is 0 Å². The maximum Gasteiger partial charge on any atom is -0.0262 e. The fourth-order valence-electron chi connectivity index (χ4n) is 5.89. The molecule has 0 spiro atoms. The Bertz CT molecular complexity index is 316. The predicted octanol–water partition coefficient (Wildman–Crippen LogP) is 6.69. The van der Waals surface area contributed by atoms with Crippen LogP contribution in [0.5, 0.6) is 0 Å². The molecule has 2 fully saturated rings. The largest absolute Gasteiger partial charge is 0.0651 e. The summed E-state index contributed by atoms with van der Waals surface area (Å²) in [7, 11) is 0. The van der Waals surface area contributed by atoms with E-state index in [1.165, 1.54) is 51.4 Å². The summed E-state index contributed by atoms with van der Waals surface area (Å²) in [5.41, 5.74) is 1.22. The summed E-state index contributed by atoms with van der Waals surface area (Å²) in [4.78, 5) is 0. The Morgan fingerprint density at radius 2 is 1.80 bits per heavy atom. The van der Waals surface area contributed by atoms with Gasteiger partial charge in [-0.2, -0.15) is 0 Å². The van der Waals surface area contributed by atoms with Crippen molar-refractivity contribution >= 4 is 0 Å². The van der Waals surface area contributed by atoms with Gasteiger partial charge in [0.15, 0.2) is 0 Å². The van der Waals surface area contributed by atoms with E-state index in [2.05, 4.69) is 41.5 Å². The topological polar surface area (TPSA) is 0 Å². The van der Waals surface area contributed by atoms with Crippen LogP contribution in [-0.2, 0) is 0 Å². The molecule has 2 rings (SSSR count). The van der Waals surface area contributed by atoms with Crippen LogP contribution >= 0.6 is 0 Å². The Labute approximate surface area is 128 Å². The van der Waals surface area contributed by atoms with Gasteiger partial charge in [-0.3, -0.25) is 0 Å². The first-order chi connectivity index (χ1) is 9.31. The molecule has 0 amide bonds. The lowest BCUT2D eigenvalue weighted by atomic mass is 9.46. The summed E-state index contributed by atoms with van der Waals surface area (Å²) in [6, 6.07) is 0. The molecule has 0 heterocycles. The van der Waals surface area contributed by atoms with Gasteiger partial charge in [0.2, 0.25) is 0 Å². The minimum absolute atomic E-state index is 0.585. The van der Waals surface area contributed by atoms with E-state index in [-0.39, 0.29) is 0 Å². The highest BCUT2D eigenvalue weighted by Gasteiger charge is 2.53. The van der Waals surface area contributed by atoms with Crippen molar-refractivity contribution in [3.05, 3.63) is 0 Å². The van der Waals surface area contributed by atoms with Crippen LogP contribution in [0.25, 0.3) is 0 Å². The van der Waals surface area contributed by atoms with Crippen molar-refractivity contribution in [1.29, 1.82) is 0 Å². The lowest BCUT2D eigenvalue weighted by Crippen LogP contribution is -2.51. The number of hydrogen-bond acceptors (Lipinski definition) is 0. The molecule has 0 aromatic heterocycles. The molecule has 0 radical (unpaired) electrons. The minimum Gasteiger partial charge on any atom is -0.0651 e. The van der Waals surface area contributed by atoms with E-state index in [1.54, 1.807) is 0 Å². The van der Waals surface area contributed by atoms with E-state index in [0.717, 1.165) is 23.7 Å². The first kappa shape index (κ1) is 16.4. The maximum absolute atomic E-state index is 2.66. The molecule has 0 nitrogen and oxygen atoms in total. The highest BCUT2D eigenvalue weighted by Crippen LogP contribution is 2.62. The van der Waals surface area contributed by atoms with Crippen LogP contribution in [0.15, 0.2) is 0 Å². The quantitative estimate of drug-likeness (QED) is 0.537. The molecule has 2 aliphatic rings. The van der Waals surface area contributed by atoms with Gasteiger partial charge in [-0.15, -0.1) is 0 Å². The molecule has 0 unspecified atom stereocenters. The second kappa shape index (κ2) is 6.01. The van der Waals surface area contributed by atoms with Gasteiger partial charge in [0.25, 0.3) is 0 Å². The fraction of sp³-hybridized carbons (Fsp3) is 1.00. The van der Waals surface area contributed by atoms with E-state index in [9.17, 15) is 0 Å². The van der Waals surface area contributed by atoms with Crippen LogP contribution < -0.4 is 0 Å². The number of rotatable bonds is 4. The fourth-order valence-corrected chi connectivity index (χ4v) is 5.89. The Morgan fingerprint density at radius 3 is 2.45 bits per heavy atom. The Morgan fingerprint density at radius 1 is 1.10 bits per heavy atom. The molecule has 0 aliphatic heterocycles. The van der Waals surface area contributed by atoms with Crippen molar-refractivity contribution in [2.45, 2.75) is 92.9 Å². The monoisotopic (exact) mass is 278 g/mol. The lowest BCUT2D eigenvalue weighted by Gasteiger charge is -2.59. The average Bonchev–Trinajstić information content (AvgIpc) is 2.36. The van der Waals surface area contributed by atoms with Crippen molar-refractivity contribution < 1.29 is 0 Å². The third-order valence-corrected chi connectivity index (χ3v) is 7.39. The van der Waals surface area contributed by atoms with E-state index < -0.39 is 0 Å². The Kier molecular flexibility index (Phi) is 4.92. The van der Waals surface area contributed by atoms with Gasteiger partial charge in [-0.05, 0) is 60.2 Å². The van der Waals surface area contributed by atoms with Gasteiger partial charge >= 0.3 is 0 Å². The van der Waals surface area contributed by atoms with Crippen LogP contribution in [0.2, 0.25) is 0 Å². The van der Waals surface area contributed by atoms with Crippen LogP contribution in [0.4, 0.5) is 0 Å². The number of hydrogen-bond donors (Lipinski definition) is 0. The third-order valence-electron chi connectivity index (χ3n) is 7.39. The van der Waals surface area contributed by atoms with Gasteiger partial charge in [0, 0.05) is 0 Å². The smallest absolute Gasteiger partial charge is 0.0262 e. The summed E-state index contributed by atoms with van der Waals surface area (Å²) >= 11 is 0. The summed E-state index contributed by atoms with van der Waals surface area (Å²) in [6.07, 6.45) is 11.7. The van der Waals surface area contributed by atoms with Crippen molar-refractivity contribution in [2.75, 3.05) is 0 Å². The Hall–Kier alpha value is 0. The molecule has 0 aromatic carbocycles. The highest BCUT2D eigenvalue weighted by molar-refractivity contribution is 5.02. The Balaban J connectivity index is 2.15. The SMILES string of the molecule is CC[C@H](C)CC[C@@H]1[C@H](C)CC[C@@H]2C(C)(C)CCC[C@]12C. The summed E-state index contributed by atoms with van der Waals surface area (Å²) in [6.45, 7) is 15.1. The standard InChI is InChI=1S/C20H38/c1-7-15(2)9-11-17-16(3)10-12-18-19(4,5)13-8-14-20(17,18)6/h15-18H,7-14H2,1-6H3/t15-,16+,17+,18+,20+/m0/s1. The predicted molar refractivity (Wildman–Crippen MR) is 89.8 cm³/mol.